The van der Waals surface area contributed by atoms with Gasteiger partial charge in [-0.2, -0.15) is 0 Å². The molecule has 0 saturated carbocycles. The van der Waals surface area contributed by atoms with Crippen LogP contribution in [0.2, 0.25) is 0 Å². The predicted molar refractivity (Wildman–Crippen MR) is 57.9 cm³/mol. The third-order valence-electron chi connectivity index (χ3n) is 2.35. The molecule has 6 nitrogen and oxygen atoms in total. The van der Waals surface area contributed by atoms with E-state index in [9.17, 15) is 16.8 Å². The smallest absolute Gasteiger partial charge is 0.212 e. The molecule has 8 heteroatoms. The second-order valence-electron chi connectivity index (χ2n) is 3.58. The molecule has 0 aromatic heterocycles. The number of rotatable bonds is 5. The first-order chi connectivity index (χ1) is 6.85. The van der Waals surface area contributed by atoms with Crippen molar-refractivity contribution in [2.75, 3.05) is 30.9 Å². The van der Waals surface area contributed by atoms with E-state index in [-0.39, 0.29) is 29.8 Å². The molecule has 90 valence electrons. The highest BCUT2D eigenvalue weighted by molar-refractivity contribution is 7.91. The van der Waals surface area contributed by atoms with Crippen LogP contribution in [0.5, 0.6) is 0 Å². The van der Waals surface area contributed by atoms with Crippen LogP contribution < -0.4 is 10.0 Å². The highest BCUT2D eigenvalue weighted by atomic mass is 32.2. The molecule has 1 rings (SSSR count). The van der Waals surface area contributed by atoms with Gasteiger partial charge in [-0.25, -0.2) is 21.6 Å². The Bertz CT molecular complexity index is 401. The molecule has 15 heavy (non-hydrogen) atoms. The summed E-state index contributed by atoms with van der Waals surface area (Å²) >= 11 is 0. The molecule has 0 aromatic rings. The lowest BCUT2D eigenvalue weighted by Crippen LogP contribution is -2.36. The molecular weight excluding hydrogens is 240 g/mol. The molecule has 0 amide bonds. The fourth-order valence-corrected chi connectivity index (χ4v) is 3.75. The molecule has 0 spiro atoms. The zero-order valence-corrected chi connectivity index (χ0v) is 10.2. The van der Waals surface area contributed by atoms with Gasteiger partial charge in [0.2, 0.25) is 10.0 Å². The van der Waals surface area contributed by atoms with Crippen LogP contribution in [0.25, 0.3) is 0 Å². The van der Waals surface area contributed by atoms with Crippen molar-refractivity contribution in [2.45, 2.75) is 12.5 Å². The lowest BCUT2D eigenvalue weighted by atomic mass is 10.3. The van der Waals surface area contributed by atoms with E-state index in [4.69, 9.17) is 0 Å². The van der Waals surface area contributed by atoms with E-state index in [2.05, 4.69) is 10.0 Å². The third-order valence-corrected chi connectivity index (χ3v) is 5.48. The Kier molecular flexibility index (Phi) is 4.10. The van der Waals surface area contributed by atoms with Crippen LogP contribution in [-0.4, -0.2) is 53.7 Å². The van der Waals surface area contributed by atoms with Crippen molar-refractivity contribution >= 4 is 19.9 Å². The van der Waals surface area contributed by atoms with Crippen LogP contribution in [0.1, 0.15) is 6.42 Å². The Balaban J connectivity index is 2.29. The number of hydrogen-bond acceptors (Lipinski definition) is 5. The fraction of sp³-hybridized carbons (Fsp3) is 1.00. The van der Waals surface area contributed by atoms with E-state index < -0.39 is 19.9 Å². The van der Waals surface area contributed by atoms with Crippen LogP contribution in [0.15, 0.2) is 0 Å². The molecule has 1 fully saturated rings. The Morgan fingerprint density at radius 2 is 2.07 bits per heavy atom. The third kappa shape index (κ3) is 4.45. The van der Waals surface area contributed by atoms with Gasteiger partial charge in [-0.05, 0) is 13.5 Å². The summed E-state index contributed by atoms with van der Waals surface area (Å²) < 4.78 is 46.4. The van der Waals surface area contributed by atoms with Gasteiger partial charge < -0.3 is 5.32 Å². The molecule has 1 aliphatic heterocycles. The topological polar surface area (TPSA) is 92.3 Å². The number of nitrogens with one attached hydrogen (secondary N) is 2. The summed E-state index contributed by atoms with van der Waals surface area (Å²) in [5.74, 6) is 0.288. The lowest BCUT2D eigenvalue weighted by Gasteiger charge is -2.10. The van der Waals surface area contributed by atoms with Gasteiger partial charge in [0.15, 0.2) is 9.84 Å². The summed E-state index contributed by atoms with van der Waals surface area (Å²) in [5.41, 5.74) is 0. The molecule has 1 heterocycles. The molecule has 0 aromatic carbocycles. The van der Waals surface area contributed by atoms with Crippen LogP contribution in [0.4, 0.5) is 0 Å². The van der Waals surface area contributed by atoms with Crippen molar-refractivity contribution in [3.8, 4) is 0 Å². The molecule has 1 unspecified atom stereocenters. The minimum absolute atomic E-state index is 0.0277. The molecule has 2 N–H and O–H groups in total. The van der Waals surface area contributed by atoms with Crippen LogP contribution in [0, 0.1) is 0 Å². The molecule has 0 radical (unpaired) electrons. The van der Waals surface area contributed by atoms with Crippen molar-refractivity contribution in [3.63, 3.8) is 0 Å². The van der Waals surface area contributed by atoms with Gasteiger partial charge in [0.05, 0.1) is 17.3 Å². The van der Waals surface area contributed by atoms with E-state index in [1.807, 2.05) is 0 Å². The SMILES string of the molecule is CNS(=O)(=O)CCNC1CCS(=O)(=O)C1. The first-order valence-corrected chi connectivity index (χ1v) is 8.17. The van der Waals surface area contributed by atoms with Gasteiger partial charge in [-0.15, -0.1) is 0 Å². The summed E-state index contributed by atoms with van der Waals surface area (Å²) in [6.07, 6.45) is 0.571. The highest BCUT2D eigenvalue weighted by Crippen LogP contribution is 2.10. The second-order valence-corrected chi connectivity index (χ2v) is 7.85. The van der Waals surface area contributed by atoms with Crippen LogP contribution in [-0.2, 0) is 19.9 Å². The summed E-state index contributed by atoms with van der Waals surface area (Å²) in [6.45, 7) is 0.281. The fourth-order valence-electron chi connectivity index (χ4n) is 1.46. The number of sulfone groups is 1. The number of hydrogen-bond donors (Lipinski definition) is 2. The molecule has 1 aliphatic rings. The Morgan fingerprint density at radius 1 is 1.40 bits per heavy atom. The first-order valence-electron chi connectivity index (χ1n) is 4.70. The van der Waals surface area contributed by atoms with Crippen molar-refractivity contribution < 1.29 is 16.8 Å². The van der Waals surface area contributed by atoms with E-state index in [0.717, 1.165) is 0 Å². The van der Waals surface area contributed by atoms with Gasteiger partial charge in [0, 0.05) is 12.6 Å². The van der Waals surface area contributed by atoms with Gasteiger partial charge >= 0.3 is 0 Å². The van der Waals surface area contributed by atoms with Gasteiger partial charge in [0.1, 0.15) is 0 Å². The van der Waals surface area contributed by atoms with Gasteiger partial charge in [0.25, 0.3) is 0 Å². The molecule has 0 bridgehead atoms. The van der Waals surface area contributed by atoms with Crippen LogP contribution in [0.3, 0.4) is 0 Å². The predicted octanol–water partition coefficient (Wildman–Crippen LogP) is -1.69. The number of sulfonamides is 1. The van der Waals surface area contributed by atoms with Gasteiger partial charge in [-0.1, -0.05) is 0 Å². The van der Waals surface area contributed by atoms with E-state index in [1.54, 1.807) is 0 Å². The van der Waals surface area contributed by atoms with Crippen molar-refractivity contribution in [1.82, 2.24) is 10.0 Å². The Hall–Kier alpha value is -0.180. The summed E-state index contributed by atoms with van der Waals surface area (Å²) in [4.78, 5) is 0. The van der Waals surface area contributed by atoms with Crippen molar-refractivity contribution in [1.29, 1.82) is 0 Å². The first kappa shape index (κ1) is 12.9. The molecule has 0 aliphatic carbocycles. The average molecular weight is 256 g/mol. The summed E-state index contributed by atoms with van der Waals surface area (Å²) in [6, 6.07) is -0.0953. The quantitative estimate of drug-likeness (QED) is 0.612. The minimum Gasteiger partial charge on any atom is -0.312 e. The summed E-state index contributed by atoms with van der Waals surface area (Å²) in [7, 11) is -4.74. The maximum atomic E-state index is 11.1. The van der Waals surface area contributed by atoms with Crippen molar-refractivity contribution in [3.05, 3.63) is 0 Å². The van der Waals surface area contributed by atoms with E-state index in [0.29, 0.717) is 6.42 Å². The molecular formula is C7H16N2O4S2. The van der Waals surface area contributed by atoms with Crippen molar-refractivity contribution in [2.24, 2.45) is 0 Å². The summed E-state index contributed by atoms with van der Waals surface area (Å²) in [5, 5.41) is 2.93. The van der Waals surface area contributed by atoms with Crippen LogP contribution >= 0.6 is 0 Å². The maximum absolute atomic E-state index is 11.1. The van der Waals surface area contributed by atoms with Gasteiger partial charge in [-0.3, -0.25) is 0 Å². The zero-order valence-electron chi connectivity index (χ0n) is 8.56. The maximum Gasteiger partial charge on any atom is 0.212 e. The lowest BCUT2D eigenvalue weighted by molar-refractivity contribution is 0.557. The minimum atomic E-state index is -3.20. The highest BCUT2D eigenvalue weighted by Gasteiger charge is 2.27. The Morgan fingerprint density at radius 3 is 2.53 bits per heavy atom. The second kappa shape index (κ2) is 4.77. The monoisotopic (exact) mass is 256 g/mol. The Labute approximate surface area is 90.4 Å². The zero-order chi connectivity index (χ0) is 11.5. The molecule has 1 atom stereocenters. The normalized spacial score (nSPS) is 25.5. The standard InChI is InChI=1S/C7H16N2O4S2/c1-8-15(12,13)5-3-9-7-2-4-14(10,11)6-7/h7-9H,2-6H2,1H3. The largest absolute Gasteiger partial charge is 0.312 e. The van der Waals surface area contributed by atoms with E-state index in [1.165, 1.54) is 7.05 Å². The molecule has 1 saturated heterocycles. The van der Waals surface area contributed by atoms with E-state index >= 15 is 0 Å². The average Bonchev–Trinajstić information content (AvgIpc) is 2.45.